The van der Waals surface area contributed by atoms with Gasteiger partial charge in [-0.2, -0.15) is 0 Å². The Morgan fingerprint density at radius 3 is 2.48 bits per heavy atom. The van der Waals surface area contributed by atoms with Crippen molar-refractivity contribution in [3.63, 3.8) is 0 Å². The monoisotopic (exact) mass is 344 g/mol. The van der Waals surface area contributed by atoms with Gasteiger partial charge in [-0.05, 0) is 31.8 Å². The molecule has 0 saturated carbocycles. The Bertz CT molecular complexity index is 919. The number of rotatable bonds is 6. The number of benzene rings is 2. The summed E-state index contributed by atoms with van der Waals surface area (Å²) >= 11 is 0. The maximum atomic E-state index is 13.0. The van der Waals surface area contributed by atoms with E-state index >= 15 is 0 Å². The van der Waals surface area contributed by atoms with Gasteiger partial charge in [0.1, 0.15) is 0 Å². The van der Waals surface area contributed by atoms with Crippen LogP contribution in [0.15, 0.2) is 60.7 Å². The lowest BCUT2D eigenvalue weighted by Crippen LogP contribution is -2.45. The van der Waals surface area contributed by atoms with E-state index in [-0.39, 0.29) is 18.4 Å². The molecule has 0 aromatic heterocycles. The van der Waals surface area contributed by atoms with Gasteiger partial charge < -0.3 is 5.11 Å². The molecule has 0 amide bonds. The number of ketones is 1. The van der Waals surface area contributed by atoms with Gasteiger partial charge in [0.15, 0.2) is 5.78 Å². The summed E-state index contributed by atoms with van der Waals surface area (Å²) in [5.41, 5.74) is 0.422. The van der Waals surface area contributed by atoms with E-state index in [1.54, 1.807) is 48.5 Å². The first kappa shape index (κ1) is 10.9. The fraction of sp³-hybridized carbons (Fsp3) is 0.409. The lowest BCUT2D eigenvalue weighted by Gasteiger charge is -2.40. The molecular weight excluding hydrogens is 310 g/mol. The molecule has 3 rings (SSSR count). The van der Waals surface area contributed by atoms with Gasteiger partial charge in [-0.25, -0.2) is 0 Å². The second kappa shape index (κ2) is 8.41. The van der Waals surface area contributed by atoms with Gasteiger partial charge in [0.25, 0.3) is 0 Å². The van der Waals surface area contributed by atoms with Crippen molar-refractivity contribution in [3.05, 3.63) is 71.8 Å². The molecule has 1 fully saturated rings. The highest BCUT2D eigenvalue weighted by molar-refractivity contribution is 5.96. The number of hydrogen-bond acceptors (Lipinski definition) is 3. The van der Waals surface area contributed by atoms with Crippen molar-refractivity contribution >= 4 is 5.78 Å². The van der Waals surface area contributed by atoms with Crippen molar-refractivity contribution in [1.82, 2.24) is 4.90 Å². The topological polar surface area (TPSA) is 40.5 Å². The molecule has 0 bridgehead atoms. The normalized spacial score (nSPS) is 28.3. The Balaban J connectivity index is 2.01. The summed E-state index contributed by atoms with van der Waals surface area (Å²) in [6.07, 6.45) is -6.07. The standard InChI is InChI=1S/C22H27NO2/c1-23-19(15-21(24)17-9-4-2-5-10-17)13-8-14-20(23)16-22(25)18-11-6-3-7-12-18/h2-7,9-12,19-21,24H,8,13-16H2,1H3/t19-,20+,21?/m0/s1/i1D3,15D2,16D2. The Labute approximate surface area is 160 Å². The van der Waals surface area contributed by atoms with E-state index in [9.17, 15) is 9.90 Å². The van der Waals surface area contributed by atoms with Gasteiger partial charge in [-0.15, -0.1) is 0 Å². The minimum absolute atomic E-state index is 0.0813. The minimum atomic E-state index is -2.87. The van der Waals surface area contributed by atoms with E-state index in [2.05, 4.69) is 0 Å². The van der Waals surface area contributed by atoms with Gasteiger partial charge >= 0.3 is 0 Å². The van der Waals surface area contributed by atoms with Crippen LogP contribution in [0.3, 0.4) is 0 Å². The molecule has 1 N–H and O–H groups in total. The molecule has 3 heteroatoms. The Hall–Kier alpha value is -1.97. The molecule has 1 aliphatic heterocycles. The molecule has 2 aromatic rings. The predicted molar refractivity (Wildman–Crippen MR) is 101 cm³/mol. The molecular formula is C22H27NO2. The number of aliphatic hydroxyl groups excluding tert-OH is 1. The quantitative estimate of drug-likeness (QED) is 0.797. The number of Topliss-reactive ketones (excluding diaryl/α,β-unsaturated/α-hetero) is 1. The second-order valence-electron chi connectivity index (χ2n) is 6.19. The summed E-state index contributed by atoms with van der Waals surface area (Å²) < 4.78 is 58.7. The summed E-state index contributed by atoms with van der Waals surface area (Å²) in [5.74, 6) is -0.845. The molecule has 0 spiro atoms. The number of nitrogens with zero attached hydrogens (tertiary/aromatic N) is 1. The third-order valence-electron chi connectivity index (χ3n) is 4.43. The zero-order chi connectivity index (χ0) is 23.7. The summed E-state index contributed by atoms with van der Waals surface area (Å²) in [5, 5.41) is 10.8. The van der Waals surface area contributed by atoms with Crippen LogP contribution in [0.25, 0.3) is 0 Å². The fourth-order valence-corrected chi connectivity index (χ4v) is 3.04. The van der Waals surface area contributed by atoms with E-state index in [4.69, 9.17) is 9.60 Å². The van der Waals surface area contributed by atoms with Crippen molar-refractivity contribution in [1.29, 1.82) is 0 Å². The smallest absolute Gasteiger partial charge is 0.164 e. The Morgan fingerprint density at radius 1 is 1.16 bits per heavy atom. The molecule has 2 aromatic carbocycles. The number of aliphatic hydroxyl groups is 1. The van der Waals surface area contributed by atoms with E-state index in [1.165, 1.54) is 12.1 Å². The van der Waals surface area contributed by atoms with Gasteiger partial charge in [-0.1, -0.05) is 67.1 Å². The van der Waals surface area contributed by atoms with E-state index in [0.29, 0.717) is 12.0 Å². The molecule has 1 aliphatic rings. The lowest BCUT2D eigenvalue weighted by molar-refractivity contribution is 0.0549. The Kier molecular flexibility index (Phi) is 3.67. The van der Waals surface area contributed by atoms with Crippen molar-refractivity contribution < 1.29 is 19.5 Å². The first-order chi connectivity index (χ1) is 14.9. The molecule has 25 heavy (non-hydrogen) atoms. The van der Waals surface area contributed by atoms with Crippen LogP contribution in [0.2, 0.25) is 0 Å². The van der Waals surface area contributed by atoms with Crippen molar-refractivity contribution in [2.75, 3.05) is 6.98 Å². The Morgan fingerprint density at radius 2 is 1.80 bits per heavy atom. The highest BCUT2D eigenvalue weighted by Crippen LogP contribution is 2.30. The number of piperidine rings is 1. The SMILES string of the molecule is [2H]C([2H])(C(=O)c1ccccc1)[C@H]1CCC[C@@H](C([2H])([2H])C(O)c2ccccc2)N1C([2H])([2H])[2H]. The maximum absolute atomic E-state index is 13.0. The fourth-order valence-electron chi connectivity index (χ4n) is 3.04. The van der Waals surface area contributed by atoms with E-state index < -0.39 is 43.7 Å². The van der Waals surface area contributed by atoms with Crippen LogP contribution in [-0.4, -0.2) is 34.8 Å². The van der Waals surface area contributed by atoms with Crippen LogP contribution < -0.4 is 0 Å². The second-order valence-corrected chi connectivity index (χ2v) is 6.19. The van der Waals surface area contributed by atoms with Crippen molar-refractivity contribution in [3.8, 4) is 0 Å². The zero-order valence-corrected chi connectivity index (χ0v) is 13.9. The van der Waals surface area contributed by atoms with Crippen LogP contribution in [0.4, 0.5) is 0 Å². The first-order valence-electron chi connectivity index (χ1n) is 12.0. The van der Waals surface area contributed by atoms with Crippen LogP contribution in [0.5, 0.6) is 0 Å². The molecule has 3 atom stereocenters. The number of carbonyl (C=O) groups excluding carboxylic acids is 1. The van der Waals surface area contributed by atoms with Crippen molar-refractivity contribution in [2.24, 2.45) is 0 Å². The molecule has 3 nitrogen and oxygen atoms in total. The molecule has 0 radical (unpaired) electrons. The van der Waals surface area contributed by atoms with Crippen LogP contribution >= 0.6 is 0 Å². The summed E-state index contributed by atoms with van der Waals surface area (Å²) in [7, 11) is 0. The van der Waals surface area contributed by atoms with E-state index in [0.717, 1.165) is 4.90 Å². The van der Waals surface area contributed by atoms with Crippen molar-refractivity contribution in [2.45, 2.75) is 50.2 Å². The third kappa shape index (κ3) is 4.56. The van der Waals surface area contributed by atoms with Crippen LogP contribution in [0, 0.1) is 0 Å². The van der Waals surface area contributed by atoms with Crippen LogP contribution in [0.1, 0.15) is 63.6 Å². The van der Waals surface area contributed by atoms with Crippen LogP contribution in [-0.2, 0) is 0 Å². The average molecular weight is 345 g/mol. The average Bonchev–Trinajstić information content (AvgIpc) is 2.78. The molecule has 0 aliphatic carbocycles. The maximum Gasteiger partial charge on any atom is 0.164 e. The summed E-state index contributed by atoms with van der Waals surface area (Å²) in [4.78, 5) is 13.8. The predicted octanol–water partition coefficient (Wildman–Crippen LogP) is 4.24. The number of likely N-dealkylation sites (tertiary alicyclic amines) is 1. The van der Waals surface area contributed by atoms with Gasteiger partial charge in [0.05, 0.1) is 6.10 Å². The number of hydrogen-bond donors (Lipinski definition) is 1. The molecule has 1 unspecified atom stereocenters. The molecule has 132 valence electrons. The highest BCUT2D eigenvalue weighted by Gasteiger charge is 2.30. The largest absolute Gasteiger partial charge is 0.388 e. The first-order valence-corrected chi connectivity index (χ1v) is 8.49. The van der Waals surface area contributed by atoms with Gasteiger partial charge in [0.2, 0.25) is 0 Å². The molecule has 1 saturated heterocycles. The van der Waals surface area contributed by atoms with E-state index in [1.807, 2.05) is 0 Å². The third-order valence-corrected chi connectivity index (χ3v) is 4.43. The minimum Gasteiger partial charge on any atom is -0.388 e. The zero-order valence-electron chi connectivity index (χ0n) is 20.9. The van der Waals surface area contributed by atoms with Gasteiger partial charge in [-0.3, -0.25) is 9.69 Å². The number of carbonyl (C=O) groups is 1. The highest BCUT2D eigenvalue weighted by atomic mass is 16.3. The summed E-state index contributed by atoms with van der Waals surface area (Å²) in [6.45, 7) is -2.87. The summed E-state index contributed by atoms with van der Waals surface area (Å²) in [6, 6.07) is 13.3. The molecule has 1 heterocycles. The van der Waals surface area contributed by atoms with Gasteiger partial charge in [0, 0.05) is 33.6 Å². The lowest BCUT2D eigenvalue weighted by atomic mass is 9.88.